The highest BCUT2D eigenvalue weighted by molar-refractivity contribution is 5.81. The normalized spacial score (nSPS) is 21.0. The van der Waals surface area contributed by atoms with Gasteiger partial charge >= 0.3 is 5.97 Å². The van der Waals surface area contributed by atoms with Crippen LogP contribution in [-0.4, -0.2) is 28.0 Å². The lowest BCUT2D eigenvalue weighted by molar-refractivity contribution is -0.146. The number of fused-ring (bicyclic) bond motifs is 1. The Bertz CT molecular complexity index is 671. The zero-order valence-electron chi connectivity index (χ0n) is 11.6. The molecule has 5 heteroatoms. The molecule has 0 radical (unpaired) electrons. The Morgan fingerprint density at radius 3 is 2.86 bits per heavy atom. The van der Waals surface area contributed by atoms with E-state index < -0.39 is 5.97 Å². The van der Waals surface area contributed by atoms with Gasteiger partial charge < -0.3 is 15.4 Å². The van der Waals surface area contributed by atoms with E-state index in [-0.39, 0.29) is 17.9 Å². The van der Waals surface area contributed by atoms with Gasteiger partial charge in [-0.2, -0.15) is 0 Å². The first-order chi connectivity index (χ1) is 10.1. The van der Waals surface area contributed by atoms with Crippen LogP contribution >= 0.6 is 0 Å². The molecular formula is C16H18N2O3. The summed E-state index contributed by atoms with van der Waals surface area (Å²) in [7, 11) is 0. The van der Waals surface area contributed by atoms with Gasteiger partial charge in [0.1, 0.15) is 0 Å². The third-order valence-corrected chi connectivity index (χ3v) is 4.11. The maximum absolute atomic E-state index is 11.8. The Hall–Kier alpha value is -2.30. The molecule has 0 unspecified atom stereocenters. The highest BCUT2D eigenvalue weighted by atomic mass is 16.4. The predicted octanol–water partition coefficient (Wildman–Crippen LogP) is 2.08. The van der Waals surface area contributed by atoms with Gasteiger partial charge in [0.2, 0.25) is 5.91 Å². The average Bonchev–Trinajstić information content (AvgIpc) is 2.87. The summed E-state index contributed by atoms with van der Waals surface area (Å²) in [6.45, 7) is 0. The van der Waals surface area contributed by atoms with Gasteiger partial charge in [0.05, 0.1) is 5.92 Å². The van der Waals surface area contributed by atoms with Crippen molar-refractivity contribution in [3.05, 3.63) is 36.0 Å². The number of amides is 1. The number of nitrogens with one attached hydrogen (secondary N) is 2. The third-order valence-electron chi connectivity index (χ3n) is 4.11. The Labute approximate surface area is 122 Å². The molecule has 0 saturated heterocycles. The molecule has 0 bridgehead atoms. The lowest BCUT2D eigenvalue weighted by Crippen LogP contribution is -2.46. The molecule has 0 atom stereocenters. The van der Waals surface area contributed by atoms with Crippen LogP contribution in [0.5, 0.6) is 0 Å². The van der Waals surface area contributed by atoms with Crippen LogP contribution in [0, 0.1) is 5.92 Å². The molecule has 1 aromatic carbocycles. The van der Waals surface area contributed by atoms with E-state index in [2.05, 4.69) is 16.4 Å². The van der Waals surface area contributed by atoms with Crippen LogP contribution in [0.2, 0.25) is 0 Å². The van der Waals surface area contributed by atoms with Crippen molar-refractivity contribution in [3.8, 4) is 0 Å². The van der Waals surface area contributed by atoms with E-state index >= 15 is 0 Å². The van der Waals surface area contributed by atoms with Gasteiger partial charge in [-0.05, 0) is 48.4 Å². The summed E-state index contributed by atoms with van der Waals surface area (Å²) in [4.78, 5) is 25.7. The van der Waals surface area contributed by atoms with Crippen LogP contribution in [0.15, 0.2) is 30.5 Å². The van der Waals surface area contributed by atoms with Crippen molar-refractivity contribution in [2.24, 2.45) is 5.92 Å². The van der Waals surface area contributed by atoms with Crippen molar-refractivity contribution in [3.63, 3.8) is 0 Å². The van der Waals surface area contributed by atoms with E-state index in [9.17, 15) is 9.59 Å². The smallest absolute Gasteiger partial charge is 0.306 e. The molecule has 1 heterocycles. The number of carbonyl (C=O) groups is 2. The topological polar surface area (TPSA) is 82.2 Å². The second-order valence-electron chi connectivity index (χ2n) is 5.67. The number of H-pyrrole nitrogens is 1. The molecular weight excluding hydrogens is 268 g/mol. The van der Waals surface area contributed by atoms with Crippen molar-refractivity contribution in [2.45, 2.75) is 31.7 Å². The van der Waals surface area contributed by atoms with E-state index in [1.165, 1.54) is 0 Å². The number of rotatable bonds is 5. The number of aliphatic carboxylic acids is 1. The first kappa shape index (κ1) is 13.7. The molecule has 2 aromatic rings. The first-order valence-corrected chi connectivity index (χ1v) is 7.20. The summed E-state index contributed by atoms with van der Waals surface area (Å²) < 4.78 is 0. The van der Waals surface area contributed by atoms with Gasteiger partial charge in [-0.3, -0.25) is 9.59 Å². The molecule has 3 rings (SSSR count). The number of carboxylic acids is 1. The second-order valence-corrected chi connectivity index (χ2v) is 5.67. The van der Waals surface area contributed by atoms with E-state index in [0.717, 1.165) is 16.5 Å². The molecule has 0 aliphatic heterocycles. The molecule has 1 aliphatic carbocycles. The van der Waals surface area contributed by atoms with Crippen molar-refractivity contribution in [1.29, 1.82) is 0 Å². The standard InChI is InChI=1S/C16H18N2O3/c19-15(18-13-8-12(9-13)16(20)21)4-2-10-1-3-14-11(7-10)5-6-17-14/h1,3,5-7,12-13,17H,2,4,8-9H2,(H,18,19)(H,20,21). The zero-order valence-corrected chi connectivity index (χ0v) is 11.6. The average molecular weight is 286 g/mol. The van der Waals surface area contributed by atoms with Crippen LogP contribution < -0.4 is 5.32 Å². The number of benzene rings is 1. The van der Waals surface area contributed by atoms with Gasteiger partial charge in [-0.1, -0.05) is 6.07 Å². The molecule has 1 amide bonds. The molecule has 1 aliphatic rings. The van der Waals surface area contributed by atoms with Crippen molar-refractivity contribution in [2.75, 3.05) is 0 Å². The molecule has 1 saturated carbocycles. The Balaban J connectivity index is 1.46. The van der Waals surface area contributed by atoms with Gasteiger partial charge in [0, 0.05) is 24.2 Å². The van der Waals surface area contributed by atoms with Gasteiger partial charge in [0.25, 0.3) is 0 Å². The van der Waals surface area contributed by atoms with Crippen LogP contribution in [0.1, 0.15) is 24.8 Å². The summed E-state index contributed by atoms with van der Waals surface area (Å²) in [5.41, 5.74) is 2.23. The van der Waals surface area contributed by atoms with E-state index in [1.807, 2.05) is 24.4 Å². The fourth-order valence-corrected chi connectivity index (χ4v) is 2.75. The minimum atomic E-state index is -0.764. The minimum Gasteiger partial charge on any atom is -0.481 e. The van der Waals surface area contributed by atoms with Crippen LogP contribution in [0.25, 0.3) is 10.9 Å². The molecule has 1 aromatic heterocycles. The lowest BCUT2D eigenvalue weighted by Gasteiger charge is -2.32. The summed E-state index contributed by atoms with van der Waals surface area (Å²) in [6.07, 6.45) is 4.13. The Kier molecular flexibility index (Phi) is 3.64. The predicted molar refractivity (Wildman–Crippen MR) is 78.9 cm³/mol. The quantitative estimate of drug-likeness (QED) is 0.787. The third kappa shape index (κ3) is 3.07. The van der Waals surface area contributed by atoms with Gasteiger partial charge in [0.15, 0.2) is 0 Å². The number of aromatic nitrogens is 1. The van der Waals surface area contributed by atoms with Crippen LogP contribution in [0.4, 0.5) is 0 Å². The van der Waals surface area contributed by atoms with Crippen LogP contribution in [-0.2, 0) is 16.0 Å². The molecule has 0 spiro atoms. The number of carboxylic acid groups (broad SMARTS) is 1. The number of aromatic amines is 1. The maximum atomic E-state index is 11.8. The SMILES string of the molecule is O=C(CCc1ccc2[nH]ccc2c1)NC1CC(C(=O)O)C1. The first-order valence-electron chi connectivity index (χ1n) is 7.20. The molecule has 3 N–H and O–H groups in total. The van der Waals surface area contributed by atoms with Crippen molar-refractivity contribution < 1.29 is 14.7 Å². The lowest BCUT2D eigenvalue weighted by atomic mass is 9.80. The molecule has 1 fully saturated rings. The van der Waals surface area contributed by atoms with E-state index in [4.69, 9.17) is 5.11 Å². The van der Waals surface area contributed by atoms with E-state index in [0.29, 0.717) is 25.7 Å². The number of aryl methyl sites for hydroxylation is 1. The fraction of sp³-hybridized carbons (Fsp3) is 0.375. The summed E-state index contributed by atoms with van der Waals surface area (Å²) in [5, 5.41) is 12.8. The number of hydrogen-bond acceptors (Lipinski definition) is 2. The second kappa shape index (κ2) is 5.60. The van der Waals surface area contributed by atoms with Crippen molar-refractivity contribution in [1.82, 2.24) is 10.3 Å². The van der Waals surface area contributed by atoms with Crippen molar-refractivity contribution >= 4 is 22.8 Å². The highest BCUT2D eigenvalue weighted by Gasteiger charge is 2.35. The van der Waals surface area contributed by atoms with Gasteiger partial charge in [-0.25, -0.2) is 0 Å². The summed E-state index contributed by atoms with van der Waals surface area (Å²) >= 11 is 0. The molecule has 110 valence electrons. The fourth-order valence-electron chi connectivity index (χ4n) is 2.75. The number of carbonyl (C=O) groups excluding carboxylic acids is 1. The Morgan fingerprint density at radius 1 is 1.29 bits per heavy atom. The Morgan fingerprint density at radius 2 is 2.10 bits per heavy atom. The minimum absolute atomic E-state index is 0.00185. The van der Waals surface area contributed by atoms with Crippen LogP contribution in [0.3, 0.4) is 0 Å². The zero-order chi connectivity index (χ0) is 14.8. The monoisotopic (exact) mass is 286 g/mol. The maximum Gasteiger partial charge on any atom is 0.306 e. The number of hydrogen-bond donors (Lipinski definition) is 3. The van der Waals surface area contributed by atoms with Gasteiger partial charge in [-0.15, -0.1) is 0 Å². The summed E-state index contributed by atoms with van der Waals surface area (Å²) in [6, 6.07) is 8.18. The largest absolute Gasteiger partial charge is 0.481 e. The highest BCUT2D eigenvalue weighted by Crippen LogP contribution is 2.27. The molecule has 21 heavy (non-hydrogen) atoms. The molecule has 5 nitrogen and oxygen atoms in total. The summed E-state index contributed by atoms with van der Waals surface area (Å²) in [5.74, 6) is -1.05. The van der Waals surface area contributed by atoms with E-state index in [1.54, 1.807) is 0 Å².